The molecular weight excluding hydrogens is 532 g/mol. The normalized spacial score (nSPS) is 16.8. The summed E-state index contributed by atoms with van der Waals surface area (Å²) in [7, 11) is 3.32. The molecule has 202 valence electrons. The maximum absolute atomic E-state index is 6.67. The number of hydrogen-bond acceptors (Lipinski definition) is 5. The Balaban J connectivity index is 1.60. The molecule has 2 unspecified atom stereocenters. The molecule has 2 atom stereocenters. The third-order valence-electron chi connectivity index (χ3n) is 6.94. The quantitative estimate of drug-likeness (QED) is 0.188. The summed E-state index contributed by atoms with van der Waals surface area (Å²) in [5, 5.41) is 4.64. The molecule has 39 heavy (non-hydrogen) atoms. The highest BCUT2D eigenvalue weighted by molar-refractivity contribution is 7.80. The first-order valence-electron chi connectivity index (χ1n) is 12.7. The first-order chi connectivity index (χ1) is 18.9. The smallest absolute Gasteiger partial charge is 0.174 e. The van der Waals surface area contributed by atoms with Gasteiger partial charge in [0.25, 0.3) is 0 Å². The fraction of sp³-hybridized carbons (Fsp3) is 0.267. The molecule has 5 rings (SSSR count). The zero-order chi connectivity index (χ0) is 27.5. The van der Waals surface area contributed by atoms with Gasteiger partial charge in [-0.1, -0.05) is 23.7 Å². The van der Waals surface area contributed by atoms with Crippen LogP contribution in [0.2, 0.25) is 5.02 Å². The molecule has 1 saturated heterocycles. The minimum absolute atomic E-state index is 0.172. The summed E-state index contributed by atoms with van der Waals surface area (Å²) in [6.45, 7) is 5.14. The molecular formula is C30H31ClN4O3S. The Bertz CT molecular complexity index is 1480. The van der Waals surface area contributed by atoms with Crippen LogP contribution in [0.3, 0.4) is 0 Å². The average molecular weight is 563 g/mol. The number of aromatic nitrogens is 2. The maximum atomic E-state index is 6.67. The number of thiocarbonyl (C=S) groups is 1. The standard InChI is InChI=1S/C30H31ClN4O3S/c1-19-16-24(20(2)34(19)21-8-7-9-23(17-21)37-4)29-28(26-10-5-6-13-32-26)33-30(39)35(29)22-11-12-27(25(31)18-22)38-15-14-36-3/h5-13,16-18,28-29H,14-15H2,1-4H3,(H,33,39). The molecule has 1 aliphatic rings. The zero-order valence-electron chi connectivity index (χ0n) is 22.3. The van der Waals surface area contributed by atoms with Crippen LogP contribution in [-0.4, -0.2) is 42.1 Å². The molecule has 7 nitrogen and oxygen atoms in total. The number of benzene rings is 2. The Morgan fingerprint density at radius 3 is 2.54 bits per heavy atom. The van der Waals surface area contributed by atoms with Gasteiger partial charge in [-0.05, 0) is 80.2 Å². The summed E-state index contributed by atoms with van der Waals surface area (Å²) in [5.41, 5.74) is 6.15. The molecule has 2 aromatic heterocycles. The largest absolute Gasteiger partial charge is 0.497 e. The summed E-state index contributed by atoms with van der Waals surface area (Å²) in [6, 6.07) is 21.6. The third-order valence-corrected chi connectivity index (χ3v) is 7.55. The van der Waals surface area contributed by atoms with Crippen LogP contribution in [0.5, 0.6) is 11.5 Å². The fourth-order valence-corrected chi connectivity index (χ4v) is 5.75. The monoisotopic (exact) mass is 562 g/mol. The second-order valence-corrected chi connectivity index (χ2v) is 10.1. The van der Waals surface area contributed by atoms with E-state index in [9.17, 15) is 0 Å². The first kappa shape index (κ1) is 27.0. The van der Waals surface area contributed by atoms with Gasteiger partial charge in [-0.3, -0.25) is 4.98 Å². The molecule has 0 aliphatic carbocycles. The van der Waals surface area contributed by atoms with E-state index in [2.05, 4.69) is 45.7 Å². The van der Waals surface area contributed by atoms with E-state index in [-0.39, 0.29) is 12.1 Å². The van der Waals surface area contributed by atoms with Crippen molar-refractivity contribution in [2.24, 2.45) is 0 Å². The lowest BCUT2D eigenvalue weighted by atomic mass is 9.96. The van der Waals surface area contributed by atoms with E-state index in [1.165, 1.54) is 0 Å². The number of halogens is 1. The van der Waals surface area contributed by atoms with Gasteiger partial charge in [0.15, 0.2) is 5.11 Å². The van der Waals surface area contributed by atoms with Crippen LogP contribution in [0.15, 0.2) is 72.9 Å². The second-order valence-electron chi connectivity index (χ2n) is 9.32. The summed E-state index contributed by atoms with van der Waals surface area (Å²) in [6.07, 6.45) is 1.81. The number of rotatable bonds is 9. The highest BCUT2D eigenvalue weighted by Gasteiger charge is 2.42. The Labute approximate surface area is 239 Å². The molecule has 4 aromatic rings. The summed E-state index contributed by atoms with van der Waals surface area (Å²) < 4.78 is 18.6. The lowest BCUT2D eigenvalue weighted by molar-refractivity contribution is 0.146. The van der Waals surface area contributed by atoms with Gasteiger partial charge in [-0.25, -0.2) is 0 Å². The van der Waals surface area contributed by atoms with Gasteiger partial charge in [0, 0.05) is 42.1 Å². The Morgan fingerprint density at radius 2 is 1.82 bits per heavy atom. The fourth-order valence-electron chi connectivity index (χ4n) is 5.17. The molecule has 0 saturated carbocycles. The van der Waals surface area contributed by atoms with Gasteiger partial charge in [-0.2, -0.15) is 0 Å². The number of methoxy groups -OCH3 is 2. The molecule has 0 spiro atoms. The molecule has 3 heterocycles. The number of anilines is 1. The van der Waals surface area contributed by atoms with E-state index in [1.54, 1.807) is 14.2 Å². The highest BCUT2D eigenvalue weighted by Crippen LogP contribution is 2.45. The van der Waals surface area contributed by atoms with Gasteiger partial charge in [0.2, 0.25) is 0 Å². The summed E-state index contributed by atoms with van der Waals surface area (Å²) >= 11 is 12.6. The van der Waals surface area contributed by atoms with Crippen LogP contribution in [0, 0.1) is 13.8 Å². The Morgan fingerprint density at radius 1 is 0.974 bits per heavy atom. The zero-order valence-corrected chi connectivity index (χ0v) is 23.9. The average Bonchev–Trinajstić information content (AvgIpc) is 3.44. The van der Waals surface area contributed by atoms with Crippen molar-refractivity contribution in [2.75, 3.05) is 32.3 Å². The predicted octanol–water partition coefficient (Wildman–Crippen LogP) is 6.35. The van der Waals surface area contributed by atoms with Crippen LogP contribution in [0.4, 0.5) is 5.69 Å². The minimum atomic E-state index is -0.172. The van der Waals surface area contributed by atoms with Crippen molar-refractivity contribution in [3.63, 3.8) is 0 Å². The number of nitrogens with one attached hydrogen (secondary N) is 1. The molecule has 1 N–H and O–H groups in total. The van der Waals surface area contributed by atoms with E-state index in [0.29, 0.717) is 29.1 Å². The van der Waals surface area contributed by atoms with E-state index in [4.69, 9.17) is 38.0 Å². The summed E-state index contributed by atoms with van der Waals surface area (Å²) in [4.78, 5) is 6.80. The lowest BCUT2D eigenvalue weighted by Gasteiger charge is -2.28. The highest BCUT2D eigenvalue weighted by atomic mass is 35.5. The molecule has 9 heteroatoms. The Hall–Kier alpha value is -3.59. The van der Waals surface area contributed by atoms with Crippen LogP contribution in [0.25, 0.3) is 5.69 Å². The SMILES string of the molecule is COCCOc1ccc(N2C(=S)NC(c3ccccn3)C2c2cc(C)n(-c3cccc(OC)c3)c2C)cc1Cl. The maximum Gasteiger partial charge on any atom is 0.174 e. The molecule has 0 bridgehead atoms. The van der Waals surface area contributed by atoms with Gasteiger partial charge >= 0.3 is 0 Å². The molecule has 1 aliphatic heterocycles. The van der Waals surface area contributed by atoms with E-state index < -0.39 is 0 Å². The van der Waals surface area contributed by atoms with Crippen molar-refractivity contribution in [3.8, 4) is 17.2 Å². The van der Waals surface area contributed by atoms with Crippen LogP contribution < -0.4 is 19.7 Å². The van der Waals surface area contributed by atoms with Crippen molar-refractivity contribution in [1.29, 1.82) is 0 Å². The second kappa shape index (κ2) is 11.7. The number of ether oxygens (including phenoxy) is 3. The van der Waals surface area contributed by atoms with Gasteiger partial charge in [0.1, 0.15) is 18.1 Å². The topological polar surface area (TPSA) is 60.8 Å². The van der Waals surface area contributed by atoms with Crippen LogP contribution in [-0.2, 0) is 4.74 Å². The molecule has 1 fully saturated rings. The number of aryl methyl sites for hydroxylation is 1. The van der Waals surface area contributed by atoms with Gasteiger partial charge < -0.3 is 29.0 Å². The molecule has 2 aromatic carbocycles. The first-order valence-corrected chi connectivity index (χ1v) is 13.5. The third kappa shape index (κ3) is 5.32. The Kier molecular flexibility index (Phi) is 8.07. The van der Waals surface area contributed by atoms with Crippen molar-refractivity contribution >= 4 is 34.6 Å². The predicted molar refractivity (Wildman–Crippen MR) is 159 cm³/mol. The molecule has 0 radical (unpaired) electrons. The van der Waals surface area contributed by atoms with Gasteiger partial charge in [-0.15, -0.1) is 0 Å². The van der Waals surface area contributed by atoms with Crippen molar-refractivity contribution in [1.82, 2.24) is 14.9 Å². The minimum Gasteiger partial charge on any atom is -0.497 e. The number of nitrogens with zero attached hydrogens (tertiary/aromatic N) is 3. The molecule has 0 amide bonds. The van der Waals surface area contributed by atoms with Crippen LogP contribution >= 0.6 is 23.8 Å². The van der Waals surface area contributed by atoms with Crippen molar-refractivity contribution < 1.29 is 14.2 Å². The summed E-state index contributed by atoms with van der Waals surface area (Å²) in [5.74, 6) is 1.41. The number of hydrogen-bond donors (Lipinski definition) is 1. The van der Waals surface area contributed by atoms with E-state index in [0.717, 1.165) is 39.8 Å². The van der Waals surface area contributed by atoms with Crippen molar-refractivity contribution in [2.45, 2.75) is 25.9 Å². The van der Waals surface area contributed by atoms with E-state index in [1.807, 2.05) is 60.8 Å². The van der Waals surface area contributed by atoms with Crippen LogP contribution in [0.1, 0.15) is 34.7 Å². The van der Waals surface area contributed by atoms with Crippen molar-refractivity contribution in [3.05, 3.63) is 101 Å². The van der Waals surface area contributed by atoms with E-state index >= 15 is 0 Å². The van der Waals surface area contributed by atoms with Gasteiger partial charge in [0.05, 0.1) is 36.5 Å². The lowest BCUT2D eigenvalue weighted by Crippen LogP contribution is -2.29. The number of pyridine rings is 1.